The van der Waals surface area contributed by atoms with Crippen molar-refractivity contribution in [2.75, 3.05) is 31.1 Å². The van der Waals surface area contributed by atoms with Crippen LogP contribution in [0.25, 0.3) is 0 Å². The second kappa shape index (κ2) is 11.8. The van der Waals surface area contributed by atoms with Crippen LogP contribution in [0, 0.1) is 0 Å². The molecule has 0 aliphatic carbocycles. The van der Waals surface area contributed by atoms with E-state index in [1.54, 1.807) is 12.1 Å². The van der Waals surface area contributed by atoms with Gasteiger partial charge in [0, 0.05) is 24.2 Å². The number of carbonyl (C=O) groups is 1. The zero-order chi connectivity index (χ0) is 30.2. The van der Waals surface area contributed by atoms with Gasteiger partial charge in [0.2, 0.25) is 5.95 Å². The Labute approximate surface area is 232 Å². The molecule has 0 spiro atoms. The van der Waals surface area contributed by atoms with Crippen molar-refractivity contribution in [2.24, 2.45) is 0 Å². The molecule has 0 amide bonds. The zero-order valence-corrected chi connectivity index (χ0v) is 21.7. The number of likely N-dealkylation sites (tertiary alicyclic amines) is 1. The smallest absolute Gasteiger partial charge is 0.452 e. The molecule has 4 rings (SSSR count). The van der Waals surface area contributed by atoms with Crippen molar-refractivity contribution in [2.45, 2.75) is 56.1 Å². The van der Waals surface area contributed by atoms with Crippen LogP contribution in [0.5, 0.6) is 0 Å². The van der Waals surface area contributed by atoms with Gasteiger partial charge in [-0.25, -0.2) is 14.8 Å². The van der Waals surface area contributed by atoms with Crippen LogP contribution in [-0.4, -0.2) is 71.4 Å². The summed E-state index contributed by atoms with van der Waals surface area (Å²) in [4.78, 5) is 20.9. The van der Waals surface area contributed by atoms with Crippen molar-refractivity contribution >= 4 is 23.5 Å². The molecule has 1 N–H and O–H groups in total. The van der Waals surface area contributed by atoms with Crippen molar-refractivity contribution in [3.63, 3.8) is 0 Å². The summed E-state index contributed by atoms with van der Waals surface area (Å²) >= 11 is 5.90. The number of carbonyl (C=O) groups excluding carboxylic acids is 1. The maximum absolute atomic E-state index is 13.3. The van der Waals surface area contributed by atoms with Gasteiger partial charge in [-0.05, 0) is 49.7 Å². The summed E-state index contributed by atoms with van der Waals surface area (Å²) in [5, 5.41) is 3.67. The molecule has 2 fully saturated rings. The van der Waals surface area contributed by atoms with E-state index in [-0.39, 0.29) is 12.1 Å². The highest BCUT2D eigenvalue weighted by molar-refractivity contribution is 6.30. The quantitative estimate of drug-likeness (QED) is 0.357. The molecule has 2 aliphatic heterocycles. The predicted molar refractivity (Wildman–Crippen MR) is 127 cm³/mol. The SMILES string of the molecule is O=C(O[C@H]1CN(c2nc(C(F)(F)F)cc(C(F)(F)F)n2)C[C@@H]1NC1CCN(Cc2ccc(Cl)cc2)CC1)C(F)(F)F. The number of hydrogen-bond donors (Lipinski definition) is 1. The van der Waals surface area contributed by atoms with Crippen LogP contribution in [0.2, 0.25) is 5.02 Å². The average molecular weight is 620 g/mol. The lowest BCUT2D eigenvalue weighted by atomic mass is 10.0. The van der Waals surface area contributed by atoms with E-state index < -0.39 is 67.1 Å². The summed E-state index contributed by atoms with van der Waals surface area (Å²) in [6, 6.07) is 5.67. The third-order valence-corrected chi connectivity index (χ3v) is 6.94. The highest BCUT2D eigenvalue weighted by Crippen LogP contribution is 2.35. The molecule has 41 heavy (non-hydrogen) atoms. The third kappa shape index (κ3) is 8.13. The molecule has 2 saturated heterocycles. The summed E-state index contributed by atoms with van der Waals surface area (Å²) < 4.78 is 123. The number of rotatable bonds is 6. The van der Waals surface area contributed by atoms with Crippen LogP contribution in [-0.2, 0) is 28.4 Å². The van der Waals surface area contributed by atoms with Gasteiger partial charge in [0.15, 0.2) is 11.4 Å². The largest absolute Gasteiger partial charge is 0.490 e. The maximum atomic E-state index is 13.3. The molecule has 2 aliphatic rings. The fraction of sp³-hybridized carbons (Fsp3) is 0.542. The number of piperidine rings is 1. The van der Waals surface area contributed by atoms with Gasteiger partial charge in [-0.1, -0.05) is 23.7 Å². The maximum Gasteiger partial charge on any atom is 0.490 e. The van der Waals surface area contributed by atoms with Gasteiger partial charge in [-0.2, -0.15) is 39.5 Å². The number of hydrogen-bond acceptors (Lipinski definition) is 7. The number of nitrogens with one attached hydrogen (secondary N) is 1. The van der Waals surface area contributed by atoms with Gasteiger partial charge in [-0.3, -0.25) is 4.90 Å². The van der Waals surface area contributed by atoms with Crippen LogP contribution < -0.4 is 10.2 Å². The first-order valence-corrected chi connectivity index (χ1v) is 12.7. The van der Waals surface area contributed by atoms with E-state index in [1.807, 2.05) is 12.1 Å². The lowest BCUT2D eigenvalue weighted by Gasteiger charge is -2.34. The first-order valence-electron chi connectivity index (χ1n) is 12.3. The Kier molecular flexibility index (Phi) is 8.95. The Hall–Kier alpha value is -2.85. The molecule has 226 valence electrons. The first kappa shape index (κ1) is 31.1. The number of nitrogens with zero attached hydrogens (tertiary/aromatic N) is 4. The van der Waals surface area contributed by atoms with Crippen molar-refractivity contribution in [1.82, 2.24) is 20.2 Å². The number of alkyl halides is 9. The van der Waals surface area contributed by atoms with Crippen LogP contribution in [0.1, 0.15) is 29.8 Å². The van der Waals surface area contributed by atoms with Gasteiger partial charge >= 0.3 is 24.5 Å². The van der Waals surface area contributed by atoms with Crippen molar-refractivity contribution in [3.8, 4) is 0 Å². The van der Waals surface area contributed by atoms with E-state index in [0.29, 0.717) is 37.5 Å². The van der Waals surface area contributed by atoms with Gasteiger partial charge in [0.25, 0.3) is 0 Å². The van der Waals surface area contributed by atoms with Crippen molar-refractivity contribution in [3.05, 3.63) is 52.3 Å². The van der Waals surface area contributed by atoms with E-state index >= 15 is 0 Å². The Bertz CT molecular complexity index is 1180. The van der Waals surface area contributed by atoms with E-state index in [9.17, 15) is 44.3 Å². The molecule has 17 heteroatoms. The highest BCUT2D eigenvalue weighted by Gasteiger charge is 2.47. The minimum atomic E-state index is -5.36. The second-order valence-corrected chi connectivity index (χ2v) is 10.2. The molecule has 2 aromatic rings. The second-order valence-electron chi connectivity index (χ2n) is 9.73. The van der Waals surface area contributed by atoms with Gasteiger partial charge in [0.1, 0.15) is 6.10 Å². The monoisotopic (exact) mass is 619 g/mol. The number of ether oxygens (including phenoxy) is 1. The predicted octanol–water partition coefficient (Wildman–Crippen LogP) is 5.08. The molecular weight excluding hydrogens is 597 g/mol. The molecule has 1 aromatic carbocycles. The topological polar surface area (TPSA) is 70.6 Å². The van der Waals surface area contributed by atoms with Crippen molar-refractivity contribution < 1.29 is 49.0 Å². The zero-order valence-electron chi connectivity index (χ0n) is 21.0. The summed E-state index contributed by atoms with van der Waals surface area (Å²) in [5.41, 5.74) is -2.73. The fourth-order valence-electron chi connectivity index (χ4n) is 4.70. The molecule has 0 bridgehead atoms. The highest BCUT2D eigenvalue weighted by atomic mass is 35.5. The van der Waals surface area contributed by atoms with Gasteiger partial charge in [-0.15, -0.1) is 0 Å². The third-order valence-electron chi connectivity index (χ3n) is 6.69. The van der Waals surface area contributed by atoms with E-state index in [4.69, 9.17) is 11.6 Å². The molecule has 1 aromatic heterocycles. The molecule has 0 unspecified atom stereocenters. The van der Waals surface area contributed by atoms with Gasteiger partial charge in [0.05, 0.1) is 12.6 Å². The fourth-order valence-corrected chi connectivity index (χ4v) is 4.82. The Morgan fingerprint density at radius 2 is 1.49 bits per heavy atom. The molecule has 3 heterocycles. The summed E-state index contributed by atoms with van der Waals surface area (Å²) in [7, 11) is 0. The average Bonchev–Trinajstić information content (AvgIpc) is 3.27. The van der Waals surface area contributed by atoms with Crippen LogP contribution >= 0.6 is 11.6 Å². The summed E-state index contributed by atoms with van der Waals surface area (Å²) in [6.45, 7) is 0.749. The number of esters is 1. The number of aromatic nitrogens is 2. The lowest BCUT2D eigenvalue weighted by molar-refractivity contribution is -0.204. The summed E-state index contributed by atoms with van der Waals surface area (Å²) in [5.74, 6) is -3.53. The Balaban J connectivity index is 1.49. The molecule has 7 nitrogen and oxygen atoms in total. The number of halogens is 10. The Morgan fingerprint density at radius 1 is 0.927 bits per heavy atom. The molecule has 0 radical (unpaired) electrons. The normalized spacial score (nSPS) is 21.4. The van der Waals surface area contributed by atoms with Crippen LogP contribution in [0.3, 0.4) is 0 Å². The molecular formula is C24H23ClF9N5O2. The lowest BCUT2D eigenvalue weighted by Crippen LogP contribution is -2.51. The molecule has 2 atom stereocenters. The molecule has 0 saturated carbocycles. The number of benzene rings is 1. The first-order chi connectivity index (χ1) is 19.0. The minimum Gasteiger partial charge on any atom is -0.452 e. The van der Waals surface area contributed by atoms with E-state index in [0.717, 1.165) is 10.5 Å². The van der Waals surface area contributed by atoms with Gasteiger partial charge < -0.3 is 15.0 Å². The minimum absolute atomic E-state index is 0.256. The van der Waals surface area contributed by atoms with Crippen molar-refractivity contribution in [1.29, 1.82) is 0 Å². The summed E-state index contributed by atoms with van der Waals surface area (Å²) in [6.07, 6.45) is -16.4. The standard InChI is InChI=1S/C24H23ClF9N5O2/c25-14-3-1-13(2-4-14)10-38-7-5-15(6-8-38)35-16-11-39(12-17(16)41-20(40)24(32,33)34)21-36-18(22(26,27)28)9-19(37-21)23(29,30)31/h1-4,9,15-17,35H,5-8,10-12H2/t16-,17-/m0/s1. The Morgan fingerprint density at radius 3 is 2.00 bits per heavy atom. The van der Waals surface area contributed by atoms with E-state index in [1.165, 1.54) is 0 Å². The van der Waals surface area contributed by atoms with Crippen LogP contribution in [0.4, 0.5) is 45.5 Å². The number of anilines is 1. The van der Waals surface area contributed by atoms with E-state index in [2.05, 4.69) is 24.9 Å². The van der Waals surface area contributed by atoms with Crippen LogP contribution in [0.15, 0.2) is 30.3 Å².